The minimum atomic E-state index is 0.650. The summed E-state index contributed by atoms with van der Waals surface area (Å²) in [6.45, 7) is 2.25. The highest BCUT2D eigenvalue weighted by atomic mass is 32.1. The maximum absolute atomic E-state index is 5.96. The molecule has 0 amide bonds. The van der Waals surface area contributed by atoms with E-state index in [1.807, 2.05) is 18.2 Å². The van der Waals surface area contributed by atoms with Gasteiger partial charge in [-0.05, 0) is 37.5 Å². The normalized spacial score (nSPS) is 15.3. The molecule has 0 atom stereocenters. The number of aromatic nitrogens is 1. The van der Waals surface area contributed by atoms with Crippen molar-refractivity contribution in [3.05, 3.63) is 23.6 Å². The molecule has 0 bridgehead atoms. The lowest BCUT2D eigenvalue weighted by atomic mass is 10.1. The van der Waals surface area contributed by atoms with Gasteiger partial charge in [0.05, 0.1) is 18.5 Å². The Balaban J connectivity index is 1.84. The number of benzene rings is 1. The minimum Gasteiger partial charge on any atom is -0.495 e. The van der Waals surface area contributed by atoms with Gasteiger partial charge in [0.2, 0.25) is 0 Å². The van der Waals surface area contributed by atoms with Crippen LogP contribution in [0.2, 0.25) is 0 Å². The zero-order valence-corrected chi connectivity index (χ0v) is 12.4. The molecule has 1 aromatic heterocycles. The number of hydrogen-bond donors (Lipinski definition) is 1. The summed E-state index contributed by atoms with van der Waals surface area (Å²) in [5, 5.41) is 3.22. The van der Waals surface area contributed by atoms with Gasteiger partial charge in [0.25, 0.3) is 0 Å². The van der Waals surface area contributed by atoms with E-state index in [1.54, 1.807) is 18.4 Å². The Morgan fingerprint density at radius 2 is 2.05 bits per heavy atom. The zero-order valence-electron chi connectivity index (χ0n) is 11.6. The van der Waals surface area contributed by atoms with Crippen molar-refractivity contribution in [3.63, 3.8) is 0 Å². The molecule has 1 aliphatic heterocycles. The summed E-state index contributed by atoms with van der Waals surface area (Å²) in [5.41, 5.74) is 8.64. The van der Waals surface area contributed by atoms with Gasteiger partial charge in [-0.25, -0.2) is 4.98 Å². The minimum absolute atomic E-state index is 0.650. The fourth-order valence-electron chi connectivity index (χ4n) is 2.52. The number of anilines is 2. The Morgan fingerprint density at radius 1 is 1.25 bits per heavy atom. The first-order chi connectivity index (χ1) is 9.78. The fraction of sp³-hybridized carbons (Fsp3) is 0.400. The van der Waals surface area contributed by atoms with Crippen molar-refractivity contribution in [1.29, 1.82) is 0 Å². The Labute approximate surface area is 123 Å². The molecule has 0 saturated carbocycles. The molecule has 1 aliphatic rings. The number of nitrogen functional groups attached to an aromatic ring is 1. The molecule has 5 heteroatoms. The van der Waals surface area contributed by atoms with E-state index in [0.717, 1.165) is 29.5 Å². The molecule has 20 heavy (non-hydrogen) atoms. The van der Waals surface area contributed by atoms with E-state index in [2.05, 4.69) is 10.3 Å². The first-order valence-electron chi connectivity index (χ1n) is 6.92. The largest absolute Gasteiger partial charge is 0.495 e. The van der Waals surface area contributed by atoms with Gasteiger partial charge >= 0.3 is 0 Å². The standard InChI is InChI=1S/C15H19N3OS/c1-19-14-6-5-11(9-12(14)16)13-10-20-15(17-13)18-7-3-2-4-8-18/h5-6,9-10H,2-4,7-8,16H2,1H3. The van der Waals surface area contributed by atoms with Crippen molar-refractivity contribution in [2.24, 2.45) is 0 Å². The summed E-state index contributed by atoms with van der Waals surface area (Å²) in [6.07, 6.45) is 3.87. The highest BCUT2D eigenvalue weighted by Gasteiger charge is 2.15. The molecular weight excluding hydrogens is 270 g/mol. The van der Waals surface area contributed by atoms with Gasteiger partial charge in [-0.2, -0.15) is 0 Å². The lowest BCUT2D eigenvalue weighted by Gasteiger charge is -2.25. The van der Waals surface area contributed by atoms with Crippen molar-refractivity contribution >= 4 is 22.2 Å². The van der Waals surface area contributed by atoms with Gasteiger partial charge in [-0.3, -0.25) is 0 Å². The molecule has 2 heterocycles. The first kappa shape index (κ1) is 13.2. The molecular formula is C15H19N3OS. The maximum atomic E-state index is 5.96. The summed E-state index contributed by atoms with van der Waals surface area (Å²) >= 11 is 1.71. The molecule has 4 nitrogen and oxygen atoms in total. The molecule has 0 unspecified atom stereocenters. The van der Waals surface area contributed by atoms with Crippen LogP contribution in [-0.4, -0.2) is 25.2 Å². The third-order valence-corrected chi connectivity index (χ3v) is 4.55. The van der Waals surface area contributed by atoms with Crippen LogP contribution in [0.4, 0.5) is 10.8 Å². The lowest BCUT2D eigenvalue weighted by molar-refractivity contribution is 0.417. The number of ether oxygens (including phenoxy) is 1. The molecule has 1 fully saturated rings. The Kier molecular flexibility index (Phi) is 3.78. The van der Waals surface area contributed by atoms with E-state index in [1.165, 1.54) is 19.3 Å². The van der Waals surface area contributed by atoms with Gasteiger partial charge < -0.3 is 15.4 Å². The van der Waals surface area contributed by atoms with E-state index in [4.69, 9.17) is 15.5 Å². The second kappa shape index (κ2) is 5.71. The Morgan fingerprint density at radius 3 is 2.75 bits per heavy atom. The van der Waals surface area contributed by atoms with Crippen molar-refractivity contribution in [1.82, 2.24) is 4.98 Å². The molecule has 0 aliphatic carbocycles. The smallest absolute Gasteiger partial charge is 0.185 e. The molecule has 3 rings (SSSR count). The first-order valence-corrected chi connectivity index (χ1v) is 7.80. The van der Waals surface area contributed by atoms with Crippen molar-refractivity contribution in [2.45, 2.75) is 19.3 Å². The third-order valence-electron chi connectivity index (χ3n) is 3.64. The Bertz CT molecular complexity index is 591. The predicted molar refractivity (Wildman–Crippen MR) is 84.6 cm³/mol. The summed E-state index contributed by atoms with van der Waals surface area (Å²) in [4.78, 5) is 7.13. The monoisotopic (exact) mass is 289 g/mol. The van der Waals surface area contributed by atoms with E-state index in [-0.39, 0.29) is 0 Å². The molecule has 1 aromatic carbocycles. The van der Waals surface area contributed by atoms with E-state index in [9.17, 15) is 0 Å². The van der Waals surface area contributed by atoms with E-state index in [0.29, 0.717) is 11.4 Å². The van der Waals surface area contributed by atoms with E-state index < -0.39 is 0 Å². The molecule has 0 radical (unpaired) electrons. The molecule has 2 N–H and O–H groups in total. The molecule has 2 aromatic rings. The number of nitrogens with two attached hydrogens (primary N) is 1. The number of piperidine rings is 1. The maximum Gasteiger partial charge on any atom is 0.185 e. The highest BCUT2D eigenvalue weighted by molar-refractivity contribution is 7.14. The lowest BCUT2D eigenvalue weighted by Crippen LogP contribution is -2.29. The summed E-state index contributed by atoms with van der Waals surface area (Å²) in [7, 11) is 1.63. The second-order valence-corrected chi connectivity index (χ2v) is 5.86. The number of thiazole rings is 1. The van der Waals surface area contributed by atoms with Crippen LogP contribution in [0, 0.1) is 0 Å². The van der Waals surface area contributed by atoms with Gasteiger partial charge in [0.1, 0.15) is 5.75 Å². The van der Waals surface area contributed by atoms with Gasteiger partial charge in [0, 0.05) is 24.0 Å². The van der Waals surface area contributed by atoms with Crippen molar-refractivity contribution < 1.29 is 4.74 Å². The number of hydrogen-bond acceptors (Lipinski definition) is 5. The van der Waals surface area contributed by atoms with Crippen LogP contribution in [-0.2, 0) is 0 Å². The van der Waals surface area contributed by atoms with Crippen LogP contribution in [0.5, 0.6) is 5.75 Å². The van der Waals surface area contributed by atoms with Crippen LogP contribution in [0.15, 0.2) is 23.6 Å². The van der Waals surface area contributed by atoms with Crippen LogP contribution in [0.3, 0.4) is 0 Å². The summed E-state index contributed by atoms with van der Waals surface area (Å²) < 4.78 is 5.19. The van der Waals surface area contributed by atoms with Gasteiger partial charge in [-0.15, -0.1) is 11.3 Å². The van der Waals surface area contributed by atoms with Gasteiger partial charge in [-0.1, -0.05) is 0 Å². The fourth-order valence-corrected chi connectivity index (χ4v) is 3.41. The number of methoxy groups -OCH3 is 1. The summed E-state index contributed by atoms with van der Waals surface area (Å²) in [5.74, 6) is 0.709. The molecule has 1 saturated heterocycles. The third kappa shape index (κ3) is 2.58. The average molecular weight is 289 g/mol. The van der Waals surface area contributed by atoms with E-state index >= 15 is 0 Å². The Hall–Kier alpha value is -1.75. The van der Waals surface area contributed by atoms with Crippen molar-refractivity contribution in [2.75, 3.05) is 30.8 Å². The second-order valence-electron chi connectivity index (χ2n) is 5.02. The predicted octanol–water partition coefficient (Wildman–Crippen LogP) is 3.39. The van der Waals surface area contributed by atoms with Crippen LogP contribution < -0.4 is 15.4 Å². The topological polar surface area (TPSA) is 51.4 Å². The SMILES string of the molecule is COc1ccc(-c2csc(N3CCCCC3)n2)cc1N. The zero-order chi connectivity index (χ0) is 13.9. The van der Waals surface area contributed by atoms with Gasteiger partial charge in [0.15, 0.2) is 5.13 Å². The van der Waals surface area contributed by atoms with Crippen molar-refractivity contribution in [3.8, 4) is 17.0 Å². The number of nitrogens with zero attached hydrogens (tertiary/aromatic N) is 2. The summed E-state index contributed by atoms with van der Waals surface area (Å²) in [6, 6.07) is 5.82. The molecule has 0 spiro atoms. The van der Waals surface area contributed by atoms with Crippen LogP contribution in [0.1, 0.15) is 19.3 Å². The van der Waals surface area contributed by atoms with Crippen LogP contribution >= 0.6 is 11.3 Å². The van der Waals surface area contributed by atoms with Crippen LogP contribution in [0.25, 0.3) is 11.3 Å². The number of rotatable bonds is 3. The highest BCUT2D eigenvalue weighted by Crippen LogP contribution is 2.32. The quantitative estimate of drug-likeness (QED) is 0.880. The molecule has 106 valence electrons. The average Bonchev–Trinajstić information content (AvgIpc) is 2.98.